The summed E-state index contributed by atoms with van der Waals surface area (Å²) in [5.41, 5.74) is 6.27. The molecule has 0 fully saturated rings. The summed E-state index contributed by atoms with van der Waals surface area (Å²) in [4.78, 5) is 37.2. The van der Waals surface area contributed by atoms with Crippen LogP contribution in [0.5, 0.6) is 11.5 Å². The summed E-state index contributed by atoms with van der Waals surface area (Å²) >= 11 is 0.876. The van der Waals surface area contributed by atoms with Crippen LogP contribution in [0.1, 0.15) is 49.8 Å². The molecule has 1 heterocycles. The van der Waals surface area contributed by atoms with Crippen molar-refractivity contribution in [2.75, 3.05) is 33.2 Å². The molecule has 0 unspecified atom stereocenters. The molecule has 162 valence electrons. The third-order valence-electron chi connectivity index (χ3n) is 3.94. The molecule has 0 radical (unpaired) electrons. The molecule has 0 saturated heterocycles. The van der Waals surface area contributed by atoms with Crippen LogP contribution >= 0.6 is 11.3 Å². The Balaban J connectivity index is 2.33. The van der Waals surface area contributed by atoms with Gasteiger partial charge in [0.15, 0.2) is 11.5 Å². The highest BCUT2D eigenvalue weighted by Crippen LogP contribution is 2.34. The lowest BCUT2D eigenvalue weighted by atomic mass is 10.1. The van der Waals surface area contributed by atoms with Gasteiger partial charge in [0.2, 0.25) is 0 Å². The molecule has 9 nitrogen and oxygen atoms in total. The lowest BCUT2D eigenvalue weighted by Crippen LogP contribution is -2.14. The second-order valence-corrected chi connectivity index (χ2v) is 6.79. The van der Waals surface area contributed by atoms with E-state index in [0.717, 1.165) is 11.3 Å². The van der Waals surface area contributed by atoms with E-state index in [1.165, 1.54) is 26.4 Å². The van der Waals surface area contributed by atoms with Gasteiger partial charge in [0, 0.05) is 5.56 Å². The SMILES string of the molecule is CCOC(=O)c1sc(N)c(C(=O)OCC)c1COC(=O)c1ccc(OC)c(OC)c1. The number of anilines is 1. The molecule has 1 aromatic heterocycles. The van der Waals surface area contributed by atoms with Gasteiger partial charge in [-0.15, -0.1) is 11.3 Å². The standard InChI is InChI=1S/C20H23NO8S/c1-5-27-19(23)15-12(16(30-17(15)21)20(24)28-6-2)10-29-18(22)11-7-8-13(25-3)14(9-11)26-4/h7-9H,5-6,10,21H2,1-4H3. The number of hydrogen-bond acceptors (Lipinski definition) is 10. The molecule has 30 heavy (non-hydrogen) atoms. The molecular formula is C20H23NO8S. The van der Waals surface area contributed by atoms with Crippen molar-refractivity contribution >= 4 is 34.2 Å². The second kappa shape index (κ2) is 10.5. The normalized spacial score (nSPS) is 10.3. The summed E-state index contributed by atoms with van der Waals surface area (Å²) in [5, 5.41) is 0.0775. The van der Waals surface area contributed by atoms with Gasteiger partial charge in [-0.05, 0) is 32.0 Å². The van der Waals surface area contributed by atoms with Gasteiger partial charge in [0.05, 0.1) is 33.0 Å². The Morgan fingerprint density at radius 1 is 0.900 bits per heavy atom. The molecule has 0 bridgehead atoms. The average Bonchev–Trinajstić information content (AvgIpc) is 3.08. The van der Waals surface area contributed by atoms with E-state index >= 15 is 0 Å². The number of nitrogens with two attached hydrogens (primary N) is 1. The smallest absolute Gasteiger partial charge is 0.348 e. The molecular weight excluding hydrogens is 414 g/mol. The van der Waals surface area contributed by atoms with Gasteiger partial charge in [0.25, 0.3) is 0 Å². The fraction of sp³-hybridized carbons (Fsp3) is 0.350. The lowest BCUT2D eigenvalue weighted by Gasteiger charge is -2.11. The van der Waals surface area contributed by atoms with E-state index < -0.39 is 17.9 Å². The van der Waals surface area contributed by atoms with Gasteiger partial charge in [-0.3, -0.25) is 0 Å². The van der Waals surface area contributed by atoms with Gasteiger partial charge < -0.3 is 29.4 Å². The van der Waals surface area contributed by atoms with Crippen molar-refractivity contribution in [2.24, 2.45) is 0 Å². The summed E-state index contributed by atoms with van der Waals surface area (Å²) in [6.45, 7) is 3.18. The van der Waals surface area contributed by atoms with E-state index in [1.54, 1.807) is 19.9 Å². The highest BCUT2D eigenvalue weighted by atomic mass is 32.1. The van der Waals surface area contributed by atoms with Crippen LogP contribution in [0, 0.1) is 0 Å². The van der Waals surface area contributed by atoms with Crippen molar-refractivity contribution in [1.82, 2.24) is 0 Å². The first kappa shape index (κ1) is 23.0. The van der Waals surface area contributed by atoms with E-state index in [4.69, 9.17) is 29.4 Å². The summed E-state index contributed by atoms with van der Waals surface area (Å²) < 4.78 is 25.7. The van der Waals surface area contributed by atoms with Crippen LogP contribution in [0.15, 0.2) is 18.2 Å². The monoisotopic (exact) mass is 437 g/mol. The molecule has 1 aromatic carbocycles. The number of methoxy groups -OCH3 is 2. The molecule has 0 atom stereocenters. The number of esters is 3. The Bertz CT molecular complexity index is 937. The van der Waals surface area contributed by atoms with E-state index in [-0.39, 0.29) is 46.4 Å². The maximum Gasteiger partial charge on any atom is 0.348 e. The topological polar surface area (TPSA) is 123 Å². The molecule has 0 aliphatic carbocycles. The maximum atomic E-state index is 12.5. The van der Waals surface area contributed by atoms with Gasteiger partial charge in [0.1, 0.15) is 22.0 Å². The van der Waals surface area contributed by atoms with E-state index in [0.29, 0.717) is 11.5 Å². The van der Waals surface area contributed by atoms with Gasteiger partial charge in [-0.25, -0.2) is 14.4 Å². The number of hydrogen-bond donors (Lipinski definition) is 1. The van der Waals surface area contributed by atoms with Crippen molar-refractivity contribution in [3.05, 3.63) is 39.8 Å². The molecule has 2 aromatic rings. The van der Waals surface area contributed by atoms with Gasteiger partial charge in [-0.1, -0.05) is 0 Å². The van der Waals surface area contributed by atoms with Crippen LogP contribution in [0.2, 0.25) is 0 Å². The first-order valence-electron chi connectivity index (χ1n) is 9.02. The van der Waals surface area contributed by atoms with Crippen LogP contribution in [-0.2, 0) is 20.8 Å². The van der Waals surface area contributed by atoms with Gasteiger partial charge in [-0.2, -0.15) is 0 Å². The van der Waals surface area contributed by atoms with Crippen LogP contribution in [0.25, 0.3) is 0 Å². The molecule has 0 aliphatic heterocycles. The molecule has 2 rings (SSSR count). The predicted molar refractivity (Wildman–Crippen MR) is 109 cm³/mol. The molecule has 2 N–H and O–H groups in total. The van der Waals surface area contributed by atoms with Gasteiger partial charge >= 0.3 is 17.9 Å². The van der Waals surface area contributed by atoms with Crippen LogP contribution in [-0.4, -0.2) is 45.3 Å². The molecule has 0 saturated carbocycles. The molecule has 0 spiro atoms. The Kier molecular flexibility index (Phi) is 8.05. The van der Waals surface area contributed by atoms with Crippen LogP contribution in [0.4, 0.5) is 5.00 Å². The Labute approximate surface area is 177 Å². The molecule has 10 heteroatoms. The lowest BCUT2D eigenvalue weighted by molar-refractivity contribution is 0.0437. The Morgan fingerprint density at radius 3 is 2.13 bits per heavy atom. The van der Waals surface area contributed by atoms with Crippen molar-refractivity contribution in [1.29, 1.82) is 0 Å². The number of carbonyl (C=O) groups is 3. The summed E-state index contributed by atoms with van der Waals surface area (Å²) in [5.74, 6) is -1.26. The largest absolute Gasteiger partial charge is 0.493 e. The zero-order valence-electron chi connectivity index (χ0n) is 17.1. The van der Waals surface area contributed by atoms with E-state index in [1.807, 2.05) is 0 Å². The highest BCUT2D eigenvalue weighted by Gasteiger charge is 2.28. The minimum absolute atomic E-state index is 0.00925. The van der Waals surface area contributed by atoms with Crippen LogP contribution in [0.3, 0.4) is 0 Å². The maximum absolute atomic E-state index is 12.5. The second-order valence-electron chi connectivity index (χ2n) is 5.74. The summed E-state index contributed by atoms with van der Waals surface area (Å²) in [7, 11) is 2.92. The molecule has 0 aliphatic rings. The van der Waals surface area contributed by atoms with Crippen molar-refractivity contribution in [2.45, 2.75) is 20.5 Å². The molecule has 0 amide bonds. The van der Waals surface area contributed by atoms with E-state index in [2.05, 4.69) is 0 Å². The first-order valence-corrected chi connectivity index (χ1v) is 9.83. The zero-order chi connectivity index (χ0) is 22.3. The number of nitrogen functional groups attached to an aromatic ring is 1. The fourth-order valence-corrected chi connectivity index (χ4v) is 3.55. The van der Waals surface area contributed by atoms with E-state index in [9.17, 15) is 14.4 Å². The quantitative estimate of drug-likeness (QED) is 0.465. The first-order chi connectivity index (χ1) is 14.4. The average molecular weight is 437 g/mol. The summed E-state index contributed by atoms with van der Waals surface area (Å²) in [6, 6.07) is 4.53. The predicted octanol–water partition coefficient (Wildman–Crippen LogP) is 3.06. The van der Waals surface area contributed by atoms with Crippen molar-refractivity contribution in [3.63, 3.8) is 0 Å². The summed E-state index contributed by atoms with van der Waals surface area (Å²) in [6.07, 6.45) is 0. The Morgan fingerprint density at radius 2 is 1.53 bits per heavy atom. The number of thiophene rings is 1. The van der Waals surface area contributed by atoms with Crippen molar-refractivity contribution < 1.29 is 38.1 Å². The number of rotatable bonds is 9. The zero-order valence-corrected chi connectivity index (χ0v) is 17.9. The Hall–Kier alpha value is -3.27. The minimum atomic E-state index is -0.709. The third-order valence-corrected chi connectivity index (χ3v) is 4.98. The van der Waals surface area contributed by atoms with Crippen molar-refractivity contribution in [3.8, 4) is 11.5 Å². The highest BCUT2D eigenvalue weighted by molar-refractivity contribution is 7.18. The third kappa shape index (κ3) is 5.01. The fourth-order valence-electron chi connectivity index (χ4n) is 2.60. The van der Waals surface area contributed by atoms with Crippen LogP contribution < -0.4 is 15.2 Å². The number of ether oxygens (including phenoxy) is 5. The minimum Gasteiger partial charge on any atom is -0.493 e. The number of benzene rings is 1. The number of carbonyl (C=O) groups excluding carboxylic acids is 3.